The maximum absolute atomic E-state index is 10.2. The van der Waals surface area contributed by atoms with E-state index in [0.29, 0.717) is 6.07 Å². The Morgan fingerprint density at radius 3 is 2.29 bits per heavy atom. The summed E-state index contributed by atoms with van der Waals surface area (Å²) in [5.74, 6) is -0.837. The molecule has 1 rings (SSSR count). The van der Waals surface area contributed by atoms with Gasteiger partial charge in [-0.05, 0) is 0 Å². The molecule has 1 N–H and O–H groups in total. The quantitative estimate of drug-likeness (QED) is 0.417. The van der Waals surface area contributed by atoms with Gasteiger partial charge in [-0.25, -0.2) is 4.98 Å². The van der Waals surface area contributed by atoms with Crippen LogP contribution in [-0.4, -0.2) is 47.2 Å². The molecular formula is C5H5N3O5Pb. The van der Waals surface area contributed by atoms with Crippen LogP contribution in [-0.2, 0) is 0 Å². The normalized spacial score (nSPS) is 8.86. The Bertz CT molecular complexity index is 382. The summed E-state index contributed by atoms with van der Waals surface area (Å²) < 4.78 is 0. The first kappa shape index (κ1) is 12.7. The van der Waals surface area contributed by atoms with Gasteiger partial charge in [0, 0.05) is 0 Å². The van der Waals surface area contributed by atoms with Crippen LogP contribution in [0.4, 0.5) is 11.4 Å². The van der Waals surface area contributed by atoms with Gasteiger partial charge in [0.05, 0.1) is 9.85 Å². The molecule has 0 atom stereocenters. The molecular weight excluding hydrogens is 389 g/mol. The van der Waals surface area contributed by atoms with Gasteiger partial charge in [0.1, 0.15) is 12.3 Å². The Morgan fingerprint density at radius 2 is 1.86 bits per heavy atom. The van der Waals surface area contributed by atoms with E-state index in [9.17, 15) is 20.2 Å². The van der Waals surface area contributed by atoms with Crippen LogP contribution in [0, 0.1) is 20.2 Å². The molecule has 1 heterocycles. The monoisotopic (exact) mass is 395 g/mol. The van der Waals surface area contributed by atoms with Crippen LogP contribution in [0.1, 0.15) is 0 Å². The van der Waals surface area contributed by atoms with Crippen molar-refractivity contribution in [3.05, 3.63) is 32.5 Å². The molecule has 74 valence electrons. The van der Waals surface area contributed by atoms with Crippen molar-refractivity contribution in [1.29, 1.82) is 0 Å². The minimum atomic E-state index is -0.949. The van der Waals surface area contributed by atoms with Crippen LogP contribution in [0.5, 0.6) is 5.88 Å². The zero-order valence-corrected chi connectivity index (χ0v) is 12.3. The van der Waals surface area contributed by atoms with Crippen molar-refractivity contribution >= 4 is 38.7 Å². The van der Waals surface area contributed by atoms with Crippen molar-refractivity contribution in [3.8, 4) is 5.88 Å². The van der Waals surface area contributed by atoms with Crippen LogP contribution in [0.3, 0.4) is 0 Å². The molecule has 1 aromatic heterocycles. The van der Waals surface area contributed by atoms with E-state index in [-0.39, 0.29) is 27.3 Å². The third-order valence-corrected chi connectivity index (χ3v) is 1.24. The fraction of sp³-hybridized carbons (Fsp3) is 0. The molecule has 0 aliphatic heterocycles. The molecule has 0 aliphatic carbocycles. The number of rotatable bonds is 2. The van der Waals surface area contributed by atoms with E-state index < -0.39 is 27.1 Å². The van der Waals surface area contributed by atoms with Crippen LogP contribution >= 0.6 is 0 Å². The average molecular weight is 394 g/mol. The Labute approximate surface area is 97.0 Å². The molecule has 0 spiro atoms. The third-order valence-electron chi connectivity index (χ3n) is 1.24. The number of hydrogen-bond acceptors (Lipinski definition) is 6. The second kappa shape index (κ2) is 4.78. The molecule has 9 heteroatoms. The van der Waals surface area contributed by atoms with E-state index in [0.717, 1.165) is 6.20 Å². The maximum atomic E-state index is 10.2. The predicted octanol–water partition coefficient (Wildman–Crippen LogP) is -0.313. The van der Waals surface area contributed by atoms with Gasteiger partial charge < -0.3 is 5.11 Å². The van der Waals surface area contributed by atoms with E-state index in [1.54, 1.807) is 0 Å². The molecule has 1 aromatic rings. The molecule has 0 saturated heterocycles. The van der Waals surface area contributed by atoms with Crippen LogP contribution < -0.4 is 0 Å². The van der Waals surface area contributed by atoms with Crippen molar-refractivity contribution in [2.45, 2.75) is 0 Å². The van der Waals surface area contributed by atoms with E-state index in [1.165, 1.54) is 0 Å². The Hall–Kier alpha value is -1.33. The zero-order chi connectivity index (χ0) is 10.0. The number of aromatic hydroxyl groups is 1. The fourth-order valence-corrected chi connectivity index (χ4v) is 0.670. The summed E-state index contributed by atoms with van der Waals surface area (Å²) in [4.78, 5) is 21.6. The van der Waals surface area contributed by atoms with Gasteiger partial charge in [-0.1, -0.05) is 0 Å². The van der Waals surface area contributed by atoms with Gasteiger partial charge in [0.15, 0.2) is 0 Å². The molecule has 0 bridgehead atoms. The summed E-state index contributed by atoms with van der Waals surface area (Å²) in [7, 11) is 0. The first-order valence-electron chi connectivity index (χ1n) is 3.00. The van der Waals surface area contributed by atoms with Crippen molar-refractivity contribution in [1.82, 2.24) is 4.98 Å². The minimum absolute atomic E-state index is 0. The molecule has 0 aliphatic rings. The summed E-state index contributed by atoms with van der Waals surface area (Å²) in [5, 5.41) is 29.1. The van der Waals surface area contributed by atoms with Crippen LogP contribution in [0.2, 0.25) is 0 Å². The zero-order valence-electron chi connectivity index (χ0n) is 6.78. The molecule has 14 heavy (non-hydrogen) atoms. The molecule has 0 saturated carbocycles. The third kappa shape index (κ3) is 2.58. The number of pyridine rings is 1. The fourth-order valence-electron chi connectivity index (χ4n) is 0.670. The predicted molar refractivity (Wildman–Crippen MR) is 47.8 cm³/mol. The van der Waals surface area contributed by atoms with Gasteiger partial charge in [-0.15, -0.1) is 0 Å². The van der Waals surface area contributed by atoms with Gasteiger partial charge in [-0.2, -0.15) is 0 Å². The Kier molecular flexibility index (Phi) is 4.33. The second-order valence-electron chi connectivity index (χ2n) is 2.05. The standard InChI is InChI=1S/C5H3N3O5.Pb.2H/c9-5-4(8(12)13)1-3(2-6-5)7(10)11;;;/h1-2H,(H,6,9);;;. The Morgan fingerprint density at radius 1 is 1.29 bits per heavy atom. The van der Waals surface area contributed by atoms with Crippen LogP contribution in [0.25, 0.3) is 0 Å². The molecule has 0 unspecified atom stereocenters. The molecule has 2 radical (unpaired) electrons. The van der Waals surface area contributed by atoms with Crippen molar-refractivity contribution < 1.29 is 15.0 Å². The number of aromatic nitrogens is 1. The van der Waals surface area contributed by atoms with E-state index in [4.69, 9.17) is 5.11 Å². The second-order valence-corrected chi connectivity index (χ2v) is 2.05. The van der Waals surface area contributed by atoms with Crippen LogP contribution in [0.15, 0.2) is 12.3 Å². The molecule has 0 amide bonds. The van der Waals surface area contributed by atoms with Crippen molar-refractivity contribution in [2.75, 3.05) is 0 Å². The van der Waals surface area contributed by atoms with E-state index in [1.807, 2.05) is 0 Å². The van der Waals surface area contributed by atoms with Crippen molar-refractivity contribution in [2.24, 2.45) is 0 Å². The van der Waals surface area contributed by atoms with E-state index in [2.05, 4.69) is 4.98 Å². The molecule has 8 nitrogen and oxygen atoms in total. The van der Waals surface area contributed by atoms with Crippen molar-refractivity contribution in [3.63, 3.8) is 0 Å². The number of nitrogens with zero attached hydrogens (tertiary/aromatic N) is 3. The number of nitro groups is 2. The summed E-state index contributed by atoms with van der Waals surface area (Å²) in [6.45, 7) is 0. The van der Waals surface area contributed by atoms with Gasteiger partial charge >= 0.3 is 33.0 Å². The topological polar surface area (TPSA) is 119 Å². The summed E-state index contributed by atoms with van der Waals surface area (Å²) >= 11 is 0. The van der Waals surface area contributed by atoms with Gasteiger partial charge in [0.25, 0.3) is 11.6 Å². The SMILES string of the molecule is O=[N+]([O-])c1cnc(O)c([N+](=O)[O-])c1.[PbH2]. The number of hydrogen-bond donors (Lipinski definition) is 1. The first-order chi connectivity index (χ1) is 6.02. The Balaban J connectivity index is 0.00000169. The molecule has 0 fully saturated rings. The van der Waals surface area contributed by atoms with E-state index >= 15 is 0 Å². The summed E-state index contributed by atoms with van der Waals surface area (Å²) in [6, 6.07) is 0.641. The average Bonchev–Trinajstić information content (AvgIpc) is 2.04. The summed E-state index contributed by atoms with van der Waals surface area (Å²) in [6.07, 6.45) is 0.738. The summed E-state index contributed by atoms with van der Waals surface area (Å²) in [5.41, 5.74) is -1.32. The first-order valence-corrected chi connectivity index (χ1v) is 3.00. The van der Waals surface area contributed by atoms with Gasteiger partial charge in [-0.3, -0.25) is 20.2 Å². The molecule has 0 aromatic carbocycles. The van der Waals surface area contributed by atoms with Gasteiger partial charge in [0.2, 0.25) is 0 Å².